The van der Waals surface area contributed by atoms with E-state index >= 15 is 0 Å². The maximum atomic E-state index is 5.97. The van der Waals surface area contributed by atoms with Crippen LogP contribution in [0, 0.1) is 0 Å². The Bertz CT molecular complexity index is 252. The molecular formula is C16H33N3O2. The van der Waals surface area contributed by atoms with Gasteiger partial charge in [0.2, 0.25) is 0 Å². The molecule has 5 heteroatoms. The molecule has 124 valence electrons. The highest BCUT2D eigenvalue weighted by Crippen LogP contribution is 2.08. The van der Waals surface area contributed by atoms with E-state index in [0.717, 1.165) is 32.7 Å². The highest BCUT2D eigenvalue weighted by Gasteiger charge is 2.16. The zero-order valence-corrected chi connectivity index (χ0v) is 13.7. The highest BCUT2D eigenvalue weighted by molar-refractivity contribution is 4.72. The van der Waals surface area contributed by atoms with Crippen LogP contribution in [0.3, 0.4) is 0 Å². The Hall–Kier alpha value is -0.200. The van der Waals surface area contributed by atoms with Crippen molar-refractivity contribution in [1.29, 1.82) is 0 Å². The molecule has 0 radical (unpaired) electrons. The Morgan fingerprint density at radius 2 is 1.48 bits per heavy atom. The molecule has 0 aliphatic carbocycles. The minimum Gasteiger partial charge on any atom is -0.385 e. The van der Waals surface area contributed by atoms with E-state index < -0.39 is 0 Å². The van der Waals surface area contributed by atoms with E-state index in [2.05, 4.69) is 15.1 Å². The summed E-state index contributed by atoms with van der Waals surface area (Å²) in [5.74, 6) is 0. The fourth-order valence-corrected chi connectivity index (χ4v) is 3.17. The molecule has 2 aliphatic rings. The van der Waals surface area contributed by atoms with Crippen LogP contribution < -0.4 is 5.32 Å². The molecule has 2 rings (SSSR count). The Kier molecular flexibility index (Phi) is 8.59. The Morgan fingerprint density at radius 1 is 0.905 bits per heavy atom. The van der Waals surface area contributed by atoms with Gasteiger partial charge in [0.05, 0.1) is 6.10 Å². The van der Waals surface area contributed by atoms with Crippen LogP contribution in [0.2, 0.25) is 0 Å². The third kappa shape index (κ3) is 7.06. The van der Waals surface area contributed by atoms with Crippen molar-refractivity contribution in [3.05, 3.63) is 0 Å². The largest absolute Gasteiger partial charge is 0.385 e. The Balaban J connectivity index is 1.45. The van der Waals surface area contributed by atoms with Gasteiger partial charge in [-0.3, -0.25) is 0 Å². The normalized spacial score (nSPS) is 22.7. The topological polar surface area (TPSA) is 37.0 Å². The third-order valence-electron chi connectivity index (χ3n) is 4.55. The van der Waals surface area contributed by atoms with Gasteiger partial charge in [-0.05, 0) is 38.8 Å². The molecule has 0 unspecified atom stereocenters. The lowest BCUT2D eigenvalue weighted by Crippen LogP contribution is -2.47. The number of ether oxygens (including phenoxy) is 2. The van der Waals surface area contributed by atoms with Crippen LogP contribution in [0.15, 0.2) is 0 Å². The van der Waals surface area contributed by atoms with Gasteiger partial charge in [-0.2, -0.15) is 0 Å². The molecule has 1 N–H and O–H groups in total. The first-order chi connectivity index (χ1) is 10.4. The lowest BCUT2D eigenvalue weighted by Gasteiger charge is -2.34. The van der Waals surface area contributed by atoms with Gasteiger partial charge in [-0.1, -0.05) is 0 Å². The molecule has 2 aliphatic heterocycles. The summed E-state index contributed by atoms with van der Waals surface area (Å²) in [6.45, 7) is 11.3. The molecule has 0 spiro atoms. The minimum absolute atomic E-state index is 0.504. The molecule has 21 heavy (non-hydrogen) atoms. The summed E-state index contributed by atoms with van der Waals surface area (Å²) in [5.41, 5.74) is 0. The molecule has 0 aromatic heterocycles. The molecule has 5 nitrogen and oxygen atoms in total. The molecule has 2 heterocycles. The van der Waals surface area contributed by atoms with Crippen LogP contribution in [0.25, 0.3) is 0 Å². The average molecular weight is 299 g/mol. The molecule has 0 aromatic carbocycles. The van der Waals surface area contributed by atoms with E-state index in [4.69, 9.17) is 9.47 Å². The number of hydrogen-bond acceptors (Lipinski definition) is 5. The third-order valence-corrected chi connectivity index (χ3v) is 4.55. The van der Waals surface area contributed by atoms with E-state index in [1.807, 2.05) is 0 Å². The van der Waals surface area contributed by atoms with Gasteiger partial charge in [0, 0.05) is 59.6 Å². The number of rotatable bonds is 9. The van der Waals surface area contributed by atoms with Crippen LogP contribution in [0.1, 0.15) is 25.7 Å². The summed E-state index contributed by atoms with van der Waals surface area (Å²) in [7, 11) is 1.78. The van der Waals surface area contributed by atoms with Gasteiger partial charge in [0.15, 0.2) is 0 Å². The predicted octanol–water partition coefficient (Wildman–Crippen LogP) is 0.799. The van der Waals surface area contributed by atoms with Crippen molar-refractivity contribution in [2.24, 2.45) is 0 Å². The van der Waals surface area contributed by atoms with Crippen molar-refractivity contribution in [1.82, 2.24) is 15.1 Å². The highest BCUT2D eigenvalue weighted by atomic mass is 16.5. The smallest absolute Gasteiger partial charge is 0.0599 e. The quantitative estimate of drug-likeness (QED) is 0.637. The van der Waals surface area contributed by atoms with Crippen LogP contribution in [0.4, 0.5) is 0 Å². The number of nitrogens with zero attached hydrogens (tertiary/aromatic N) is 2. The van der Waals surface area contributed by atoms with Crippen molar-refractivity contribution >= 4 is 0 Å². The monoisotopic (exact) mass is 299 g/mol. The summed E-state index contributed by atoms with van der Waals surface area (Å²) in [6.07, 6.45) is 5.19. The van der Waals surface area contributed by atoms with Crippen LogP contribution >= 0.6 is 0 Å². The van der Waals surface area contributed by atoms with E-state index in [9.17, 15) is 0 Å². The van der Waals surface area contributed by atoms with Gasteiger partial charge in [-0.15, -0.1) is 0 Å². The second kappa shape index (κ2) is 10.5. The van der Waals surface area contributed by atoms with Crippen molar-refractivity contribution in [2.45, 2.75) is 31.8 Å². The zero-order valence-electron chi connectivity index (χ0n) is 13.7. The lowest BCUT2D eigenvalue weighted by molar-refractivity contribution is 0.0250. The van der Waals surface area contributed by atoms with Crippen LogP contribution in [-0.2, 0) is 9.47 Å². The van der Waals surface area contributed by atoms with Crippen molar-refractivity contribution in [3.63, 3.8) is 0 Å². The van der Waals surface area contributed by atoms with Gasteiger partial charge in [0.1, 0.15) is 0 Å². The first kappa shape index (κ1) is 17.2. The second-order valence-corrected chi connectivity index (χ2v) is 6.20. The summed E-state index contributed by atoms with van der Waals surface area (Å²) >= 11 is 0. The maximum absolute atomic E-state index is 5.97. The van der Waals surface area contributed by atoms with Crippen molar-refractivity contribution in [3.8, 4) is 0 Å². The summed E-state index contributed by atoms with van der Waals surface area (Å²) in [6, 6.07) is 0. The Labute approximate surface area is 129 Å². The molecular weight excluding hydrogens is 266 g/mol. The second-order valence-electron chi connectivity index (χ2n) is 6.20. The molecule has 0 saturated carbocycles. The fraction of sp³-hybridized carbons (Fsp3) is 1.00. The van der Waals surface area contributed by atoms with E-state index in [-0.39, 0.29) is 0 Å². The summed E-state index contributed by atoms with van der Waals surface area (Å²) in [4.78, 5) is 5.14. The fourth-order valence-electron chi connectivity index (χ4n) is 3.17. The molecule has 0 bridgehead atoms. The number of hydrogen-bond donors (Lipinski definition) is 1. The molecule has 0 amide bonds. The van der Waals surface area contributed by atoms with Gasteiger partial charge in [-0.25, -0.2) is 0 Å². The Morgan fingerprint density at radius 3 is 2.05 bits per heavy atom. The first-order valence-corrected chi connectivity index (χ1v) is 8.64. The predicted molar refractivity (Wildman–Crippen MR) is 85.8 cm³/mol. The standard InChI is InChI=1S/C16H33N3O2/c1-20-14-2-8-18-10-12-19(13-11-18)9-3-15-21-16-4-6-17-7-5-16/h16-17H,2-15H2,1H3. The molecule has 0 atom stereocenters. The molecule has 2 saturated heterocycles. The minimum atomic E-state index is 0.504. The summed E-state index contributed by atoms with van der Waals surface area (Å²) in [5, 5.41) is 3.38. The SMILES string of the molecule is COCCCN1CCN(CCCOC2CCNCC2)CC1. The molecule has 2 fully saturated rings. The zero-order chi connectivity index (χ0) is 14.8. The average Bonchev–Trinajstić information content (AvgIpc) is 2.54. The maximum Gasteiger partial charge on any atom is 0.0599 e. The van der Waals surface area contributed by atoms with Crippen molar-refractivity contribution in [2.75, 3.05) is 72.7 Å². The van der Waals surface area contributed by atoms with Gasteiger partial charge in [0.25, 0.3) is 0 Å². The number of nitrogens with one attached hydrogen (secondary N) is 1. The molecule has 0 aromatic rings. The lowest BCUT2D eigenvalue weighted by atomic mass is 10.1. The van der Waals surface area contributed by atoms with Crippen molar-refractivity contribution < 1.29 is 9.47 Å². The van der Waals surface area contributed by atoms with Crippen LogP contribution in [-0.4, -0.2) is 88.6 Å². The number of piperazine rings is 1. The number of methoxy groups -OCH3 is 1. The summed E-state index contributed by atoms with van der Waals surface area (Å²) < 4.78 is 11.1. The van der Waals surface area contributed by atoms with Crippen LogP contribution in [0.5, 0.6) is 0 Å². The number of piperidine rings is 1. The van der Waals surface area contributed by atoms with Gasteiger partial charge >= 0.3 is 0 Å². The van der Waals surface area contributed by atoms with E-state index in [1.54, 1.807) is 7.11 Å². The first-order valence-electron chi connectivity index (χ1n) is 8.64. The van der Waals surface area contributed by atoms with E-state index in [0.29, 0.717) is 6.10 Å². The van der Waals surface area contributed by atoms with Gasteiger partial charge < -0.3 is 24.6 Å². The van der Waals surface area contributed by atoms with E-state index in [1.165, 1.54) is 58.5 Å².